The van der Waals surface area contributed by atoms with Gasteiger partial charge in [-0.25, -0.2) is 0 Å². The maximum absolute atomic E-state index is 13.2. The van der Waals surface area contributed by atoms with E-state index in [2.05, 4.69) is 19.2 Å². The smallest absolute Gasteiger partial charge is 0.220 e. The summed E-state index contributed by atoms with van der Waals surface area (Å²) in [5, 5.41) is 3.15. The van der Waals surface area contributed by atoms with Crippen LogP contribution < -0.4 is 5.32 Å². The van der Waals surface area contributed by atoms with Crippen LogP contribution in [0, 0.1) is 28.6 Å². The number of carbonyl (C=O) groups excluding carboxylic acids is 2. The Morgan fingerprint density at radius 3 is 2.48 bits per heavy atom. The number of carbonyl (C=O) groups is 2. The lowest BCUT2D eigenvalue weighted by Gasteiger charge is -2.59. The van der Waals surface area contributed by atoms with Gasteiger partial charge >= 0.3 is 0 Å². The van der Waals surface area contributed by atoms with Crippen molar-refractivity contribution in [3.8, 4) is 0 Å². The second-order valence-corrected chi connectivity index (χ2v) is 9.98. The van der Waals surface area contributed by atoms with Crippen LogP contribution in [0.4, 0.5) is 0 Å². The molecule has 5 aliphatic rings. The number of piperidine rings is 1. The molecule has 4 aliphatic carbocycles. The largest absolute Gasteiger partial charge is 0.374 e. The monoisotopic (exact) mass is 345 g/mol. The zero-order valence-electron chi connectivity index (χ0n) is 15.6. The molecule has 7 atom stereocenters. The molecule has 4 saturated carbocycles. The van der Waals surface area contributed by atoms with Gasteiger partial charge in [0.25, 0.3) is 0 Å². The maximum Gasteiger partial charge on any atom is 0.220 e. The van der Waals surface area contributed by atoms with E-state index < -0.39 is 0 Å². The van der Waals surface area contributed by atoms with E-state index in [-0.39, 0.29) is 28.7 Å². The van der Waals surface area contributed by atoms with Crippen molar-refractivity contribution < 1.29 is 14.3 Å². The molecule has 0 aromatic carbocycles. The van der Waals surface area contributed by atoms with Gasteiger partial charge < -0.3 is 10.1 Å². The highest BCUT2D eigenvalue weighted by atomic mass is 16.5. The Hall–Kier alpha value is -0.900. The summed E-state index contributed by atoms with van der Waals surface area (Å²) in [4.78, 5) is 25.0. The molecule has 5 rings (SSSR count). The lowest BCUT2D eigenvalue weighted by atomic mass is 9.47. The van der Waals surface area contributed by atoms with E-state index in [0.29, 0.717) is 42.7 Å². The van der Waals surface area contributed by atoms with Crippen molar-refractivity contribution >= 4 is 11.7 Å². The van der Waals surface area contributed by atoms with E-state index in [9.17, 15) is 9.59 Å². The van der Waals surface area contributed by atoms with Gasteiger partial charge in [-0.2, -0.15) is 0 Å². The van der Waals surface area contributed by atoms with Gasteiger partial charge in [0.15, 0.2) is 0 Å². The molecule has 0 aromatic heterocycles. The summed E-state index contributed by atoms with van der Waals surface area (Å²) in [6, 6.07) is 0.0618. The number of ketones is 1. The molecule has 5 fully saturated rings. The number of ether oxygens (including phenoxy) is 1. The zero-order valence-corrected chi connectivity index (χ0v) is 15.6. The molecule has 1 heterocycles. The number of amides is 1. The molecule has 1 amide bonds. The van der Waals surface area contributed by atoms with Crippen molar-refractivity contribution in [3.05, 3.63) is 0 Å². The molecular formula is C21H31NO3. The number of rotatable bonds is 2. The predicted octanol–water partition coefficient (Wildman–Crippen LogP) is 3.23. The second kappa shape index (κ2) is 5.31. The van der Waals surface area contributed by atoms with E-state index in [1.807, 2.05) is 0 Å². The van der Waals surface area contributed by atoms with Crippen molar-refractivity contribution in [1.82, 2.24) is 5.32 Å². The Bertz CT molecular complexity index is 614. The lowest BCUT2D eigenvalue weighted by molar-refractivity contribution is -0.158. The third kappa shape index (κ3) is 2.28. The van der Waals surface area contributed by atoms with Gasteiger partial charge in [-0.1, -0.05) is 13.8 Å². The minimum Gasteiger partial charge on any atom is -0.374 e. The minimum absolute atomic E-state index is 0.0618. The Kier molecular flexibility index (Phi) is 3.46. The molecule has 138 valence electrons. The van der Waals surface area contributed by atoms with Crippen molar-refractivity contribution in [2.75, 3.05) is 0 Å². The van der Waals surface area contributed by atoms with Crippen LogP contribution in [-0.4, -0.2) is 29.9 Å². The van der Waals surface area contributed by atoms with E-state index in [0.717, 1.165) is 25.7 Å². The van der Waals surface area contributed by atoms with Crippen molar-refractivity contribution in [3.63, 3.8) is 0 Å². The molecule has 4 heteroatoms. The molecule has 0 bridgehead atoms. The number of fused-ring (bicyclic) bond motifs is 5. The highest BCUT2D eigenvalue weighted by Crippen LogP contribution is 2.64. The van der Waals surface area contributed by atoms with E-state index in [4.69, 9.17) is 4.74 Å². The molecule has 0 radical (unpaired) electrons. The number of hydrogen-bond donors (Lipinski definition) is 1. The van der Waals surface area contributed by atoms with Crippen LogP contribution in [0.15, 0.2) is 0 Å². The normalized spacial score (nSPS) is 52.2. The Labute approximate surface area is 150 Å². The van der Waals surface area contributed by atoms with Crippen LogP contribution in [0.25, 0.3) is 0 Å². The van der Waals surface area contributed by atoms with Gasteiger partial charge in [0.05, 0.1) is 12.2 Å². The summed E-state index contributed by atoms with van der Waals surface area (Å²) in [5.41, 5.74) is 0.282. The predicted molar refractivity (Wildman–Crippen MR) is 93.8 cm³/mol. The molecule has 0 aromatic rings. The Morgan fingerprint density at radius 2 is 1.72 bits per heavy atom. The van der Waals surface area contributed by atoms with E-state index in [1.165, 1.54) is 19.3 Å². The van der Waals surface area contributed by atoms with Crippen LogP contribution in [0.2, 0.25) is 0 Å². The average Bonchev–Trinajstić information content (AvgIpc) is 3.32. The highest BCUT2D eigenvalue weighted by molar-refractivity contribution is 5.86. The fourth-order valence-electron chi connectivity index (χ4n) is 6.99. The fraction of sp³-hybridized carbons (Fsp3) is 0.905. The standard InChI is InChI=1S/C21H31NO3/c1-20-10-8-18(24)22-16(20)11-15(23)19-13-5-6-17(25-12-3-4-12)21(13,2)9-7-14(19)20/h12-14,16-17,19H,3-11H2,1-2H3,(H,22,24)/t13-,14-,16?,17-,19-,20+,21-/m0/s1. The van der Waals surface area contributed by atoms with E-state index >= 15 is 0 Å². The van der Waals surface area contributed by atoms with Gasteiger partial charge in [0.1, 0.15) is 5.78 Å². The summed E-state index contributed by atoms with van der Waals surface area (Å²) in [5.74, 6) is 1.67. The fourth-order valence-corrected chi connectivity index (χ4v) is 6.99. The molecule has 25 heavy (non-hydrogen) atoms. The van der Waals surface area contributed by atoms with Crippen LogP contribution in [0.1, 0.15) is 71.6 Å². The summed E-state index contributed by atoms with van der Waals surface area (Å²) >= 11 is 0. The third-order valence-electron chi connectivity index (χ3n) is 8.71. The highest BCUT2D eigenvalue weighted by Gasteiger charge is 2.63. The number of hydrogen-bond acceptors (Lipinski definition) is 3. The van der Waals surface area contributed by atoms with Crippen LogP contribution in [-0.2, 0) is 14.3 Å². The molecule has 4 nitrogen and oxygen atoms in total. The van der Waals surface area contributed by atoms with Crippen molar-refractivity contribution in [1.29, 1.82) is 0 Å². The summed E-state index contributed by atoms with van der Waals surface area (Å²) in [7, 11) is 0. The first-order chi connectivity index (χ1) is 11.9. The lowest BCUT2D eigenvalue weighted by Crippen LogP contribution is -2.63. The molecule has 0 spiro atoms. The molecule has 1 unspecified atom stereocenters. The average molecular weight is 345 g/mol. The molecule has 1 saturated heterocycles. The third-order valence-corrected chi connectivity index (χ3v) is 8.71. The summed E-state index contributed by atoms with van der Waals surface area (Å²) in [6.45, 7) is 4.75. The quantitative estimate of drug-likeness (QED) is 0.836. The first-order valence-corrected chi connectivity index (χ1v) is 10.4. The minimum atomic E-state index is 0.0618. The first-order valence-electron chi connectivity index (χ1n) is 10.4. The number of nitrogens with one attached hydrogen (secondary N) is 1. The topological polar surface area (TPSA) is 55.4 Å². The molecule has 1 aliphatic heterocycles. The van der Waals surface area contributed by atoms with Gasteiger partial charge in [-0.05, 0) is 67.6 Å². The first kappa shape index (κ1) is 16.3. The van der Waals surface area contributed by atoms with Gasteiger partial charge in [0.2, 0.25) is 5.91 Å². The Morgan fingerprint density at radius 1 is 0.960 bits per heavy atom. The zero-order chi connectivity index (χ0) is 17.4. The summed E-state index contributed by atoms with van der Waals surface area (Å²) in [6.07, 6.45) is 10.00. The van der Waals surface area contributed by atoms with Gasteiger partial charge in [-0.15, -0.1) is 0 Å². The van der Waals surface area contributed by atoms with Crippen LogP contribution >= 0.6 is 0 Å². The molecular weight excluding hydrogens is 314 g/mol. The van der Waals surface area contributed by atoms with Gasteiger partial charge in [0, 0.05) is 24.8 Å². The van der Waals surface area contributed by atoms with Crippen LogP contribution in [0.3, 0.4) is 0 Å². The van der Waals surface area contributed by atoms with Crippen LogP contribution in [0.5, 0.6) is 0 Å². The maximum atomic E-state index is 13.2. The Balaban J connectivity index is 1.44. The SMILES string of the molecule is C[C@]12CC[C@H]3[C@@H](C(=O)CC4NC(=O)CC[C@@]43C)[C@@H]1CC[C@@H]2OC1CC1. The summed E-state index contributed by atoms with van der Waals surface area (Å²) < 4.78 is 6.39. The second-order valence-electron chi connectivity index (χ2n) is 9.98. The molecule has 1 N–H and O–H groups in total. The van der Waals surface area contributed by atoms with Gasteiger partial charge in [-0.3, -0.25) is 9.59 Å². The van der Waals surface area contributed by atoms with E-state index in [1.54, 1.807) is 0 Å². The van der Waals surface area contributed by atoms with Crippen molar-refractivity contribution in [2.45, 2.75) is 89.9 Å². The van der Waals surface area contributed by atoms with Crippen molar-refractivity contribution in [2.24, 2.45) is 28.6 Å². The number of Topliss-reactive ketones (excluding diaryl/α,β-unsaturated/α-hetero) is 1.